The third kappa shape index (κ3) is 3.79. The first-order chi connectivity index (χ1) is 14.7. The molecule has 0 aromatic heterocycles. The molecule has 0 bridgehead atoms. The Kier molecular flexibility index (Phi) is 4.94. The molecule has 0 saturated carbocycles. The van der Waals surface area contributed by atoms with Crippen molar-refractivity contribution in [3.05, 3.63) is 105 Å². The minimum Gasteiger partial charge on any atom is -0.428 e. The number of benzene rings is 3. The molecule has 6 nitrogen and oxygen atoms in total. The van der Waals surface area contributed by atoms with Crippen molar-refractivity contribution in [2.24, 2.45) is 10.3 Å². The van der Waals surface area contributed by atoms with Crippen molar-refractivity contribution in [2.75, 3.05) is 0 Å². The molecule has 0 fully saturated rings. The standard InChI is InChI=1S/C22H14Cl2N2O4/c23-17-9-5-15(6-10-17)21-27-19(25-29-21)13-1-2-14(4-3-13)20-26-30-22(28-20)16-7-11-18(24)12-8-16/h1-12,21-22H. The molecule has 2 atom stereocenters. The summed E-state index contributed by atoms with van der Waals surface area (Å²) in [5, 5.41) is 9.37. The lowest BCUT2D eigenvalue weighted by atomic mass is 10.1. The zero-order valence-electron chi connectivity index (χ0n) is 15.4. The molecule has 2 aliphatic rings. The second kappa shape index (κ2) is 7.89. The first-order valence-electron chi connectivity index (χ1n) is 9.08. The van der Waals surface area contributed by atoms with Crippen LogP contribution in [0, 0.1) is 0 Å². The molecular formula is C22H14Cl2N2O4. The summed E-state index contributed by atoms with van der Waals surface area (Å²) in [6.45, 7) is 0. The summed E-state index contributed by atoms with van der Waals surface area (Å²) in [6.07, 6.45) is -1.21. The van der Waals surface area contributed by atoms with E-state index in [1.54, 1.807) is 24.3 Å². The van der Waals surface area contributed by atoms with E-state index in [4.69, 9.17) is 42.4 Å². The molecule has 0 spiro atoms. The molecule has 30 heavy (non-hydrogen) atoms. The van der Waals surface area contributed by atoms with Crippen LogP contribution in [0.1, 0.15) is 34.8 Å². The van der Waals surface area contributed by atoms with E-state index in [0.717, 1.165) is 22.3 Å². The van der Waals surface area contributed by atoms with Gasteiger partial charge in [0.25, 0.3) is 24.4 Å². The lowest BCUT2D eigenvalue weighted by molar-refractivity contribution is -0.0500. The highest BCUT2D eigenvalue weighted by Gasteiger charge is 2.27. The van der Waals surface area contributed by atoms with E-state index >= 15 is 0 Å². The highest BCUT2D eigenvalue weighted by atomic mass is 35.5. The Bertz CT molecular complexity index is 1020. The Morgan fingerprint density at radius 2 is 0.900 bits per heavy atom. The van der Waals surface area contributed by atoms with Gasteiger partial charge in [-0.3, -0.25) is 0 Å². The summed E-state index contributed by atoms with van der Waals surface area (Å²) >= 11 is 11.8. The first kappa shape index (κ1) is 18.8. The molecule has 2 aliphatic heterocycles. The Balaban J connectivity index is 1.24. The molecule has 2 unspecified atom stereocenters. The Morgan fingerprint density at radius 3 is 1.27 bits per heavy atom. The minimum atomic E-state index is -0.604. The van der Waals surface area contributed by atoms with E-state index in [0.29, 0.717) is 21.8 Å². The average Bonchev–Trinajstić information content (AvgIpc) is 3.45. The van der Waals surface area contributed by atoms with Gasteiger partial charge in [-0.05, 0) is 58.8 Å². The number of hydrogen-bond acceptors (Lipinski definition) is 6. The lowest BCUT2D eigenvalue weighted by Gasteiger charge is -2.10. The molecular weight excluding hydrogens is 427 g/mol. The monoisotopic (exact) mass is 440 g/mol. The Hall–Kier alpha value is -3.22. The molecule has 150 valence electrons. The quantitative estimate of drug-likeness (QED) is 0.513. The van der Waals surface area contributed by atoms with Gasteiger partial charge in [0.05, 0.1) is 0 Å². The van der Waals surface area contributed by atoms with Crippen LogP contribution in [0.4, 0.5) is 0 Å². The van der Waals surface area contributed by atoms with Crippen LogP contribution in [0.25, 0.3) is 0 Å². The van der Waals surface area contributed by atoms with Crippen molar-refractivity contribution < 1.29 is 19.1 Å². The maximum absolute atomic E-state index is 5.92. The van der Waals surface area contributed by atoms with Gasteiger partial charge < -0.3 is 19.1 Å². The largest absolute Gasteiger partial charge is 0.428 e. The van der Waals surface area contributed by atoms with Crippen LogP contribution >= 0.6 is 23.2 Å². The van der Waals surface area contributed by atoms with Crippen LogP contribution in [0.2, 0.25) is 10.0 Å². The van der Waals surface area contributed by atoms with Gasteiger partial charge >= 0.3 is 0 Å². The number of nitrogens with zero attached hydrogens (tertiary/aromatic N) is 2. The summed E-state index contributed by atoms with van der Waals surface area (Å²) in [7, 11) is 0. The zero-order chi connectivity index (χ0) is 20.5. The van der Waals surface area contributed by atoms with Crippen LogP contribution in [0.5, 0.6) is 0 Å². The molecule has 0 amide bonds. The average molecular weight is 441 g/mol. The van der Waals surface area contributed by atoms with E-state index in [1.807, 2.05) is 48.5 Å². The summed E-state index contributed by atoms with van der Waals surface area (Å²) in [5.74, 6) is 0.789. The van der Waals surface area contributed by atoms with Gasteiger partial charge in [-0.2, -0.15) is 0 Å². The van der Waals surface area contributed by atoms with Gasteiger partial charge in [0.1, 0.15) is 0 Å². The fourth-order valence-electron chi connectivity index (χ4n) is 2.97. The summed E-state index contributed by atoms with van der Waals surface area (Å²) < 4.78 is 11.6. The number of rotatable bonds is 4. The van der Waals surface area contributed by atoms with Gasteiger partial charge in [0, 0.05) is 32.3 Å². The zero-order valence-corrected chi connectivity index (χ0v) is 16.9. The highest BCUT2D eigenvalue weighted by Crippen LogP contribution is 2.30. The minimum absolute atomic E-state index is 0.395. The van der Waals surface area contributed by atoms with E-state index in [-0.39, 0.29) is 0 Å². The van der Waals surface area contributed by atoms with Crippen molar-refractivity contribution in [1.82, 2.24) is 0 Å². The second-order valence-corrected chi connectivity index (χ2v) is 7.46. The Morgan fingerprint density at radius 1 is 0.533 bits per heavy atom. The van der Waals surface area contributed by atoms with Crippen LogP contribution < -0.4 is 0 Å². The molecule has 2 heterocycles. The summed E-state index contributed by atoms with van der Waals surface area (Å²) in [5.41, 5.74) is 3.19. The number of halogens is 2. The van der Waals surface area contributed by atoms with Gasteiger partial charge in [-0.1, -0.05) is 47.5 Å². The van der Waals surface area contributed by atoms with Crippen LogP contribution in [0.15, 0.2) is 83.1 Å². The van der Waals surface area contributed by atoms with Crippen molar-refractivity contribution in [2.45, 2.75) is 12.6 Å². The Labute approximate surface area is 182 Å². The van der Waals surface area contributed by atoms with Crippen molar-refractivity contribution in [3.63, 3.8) is 0 Å². The summed E-state index contributed by atoms with van der Waals surface area (Å²) in [6, 6.07) is 21.8. The SMILES string of the molecule is Clc1ccc(C2ON=C(c3ccc(C4=NOC(c5ccc(Cl)cc5)O4)cc3)O2)cc1. The third-order valence-electron chi connectivity index (χ3n) is 4.56. The van der Waals surface area contributed by atoms with E-state index in [2.05, 4.69) is 10.3 Å². The molecule has 0 saturated heterocycles. The molecule has 5 rings (SSSR count). The summed E-state index contributed by atoms with van der Waals surface area (Å²) in [4.78, 5) is 10.8. The number of oxime groups is 2. The first-order valence-corrected chi connectivity index (χ1v) is 9.84. The predicted octanol–water partition coefficient (Wildman–Crippen LogP) is 5.81. The molecule has 0 aliphatic carbocycles. The highest BCUT2D eigenvalue weighted by molar-refractivity contribution is 6.30. The van der Waals surface area contributed by atoms with Gasteiger partial charge in [-0.15, -0.1) is 0 Å². The molecule has 8 heteroatoms. The van der Waals surface area contributed by atoms with Gasteiger partial charge in [-0.25, -0.2) is 0 Å². The van der Waals surface area contributed by atoms with Crippen LogP contribution in [0.3, 0.4) is 0 Å². The normalized spacial score (nSPS) is 19.8. The number of ether oxygens (including phenoxy) is 2. The fourth-order valence-corrected chi connectivity index (χ4v) is 3.23. The van der Waals surface area contributed by atoms with E-state index in [1.165, 1.54) is 0 Å². The van der Waals surface area contributed by atoms with Crippen LogP contribution in [-0.4, -0.2) is 11.8 Å². The van der Waals surface area contributed by atoms with E-state index < -0.39 is 12.6 Å². The van der Waals surface area contributed by atoms with Crippen molar-refractivity contribution in [3.8, 4) is 0 Å². The smallest absolute Gasteiger partial charge is 0.293 e. The molecule has 0 radical (unpaired) electrons. The number of hydrogen-bond donors (Lipinski definition) is 0. The topological polar surface area (TPSA) is 61.6 Å². The second-order valence-electron chi connectivity index (χ2n) is 6.58. The van der Waals surface area contributed by atoms with Gasteiger partial charge in [0.15, 0.2) is 0 Å². The fraction of sp³-hybridized carbons (Fsp3) is 0.0909. The molecule has 3 aromatic rings. The van der Waals surface area contributed by atoms with Gasteiger partial charge in [0.2, 0.25) is 0 Å². The maximum atomic E-state index is 5.92. The lowest BCUT2D eigenvalue weighted by Crippen LogP contribution is -2.08. The molecule has 0 N–H and O–H groups in total. The maximum Gasteiger partial charge on any atom is 0.293 e. The molecule has 3 aromatic carbocycles. The van der Waals surface area contributed by atoms with Crippen LogP contribution in [-0.2, 0) is 19.1 Å². The third-order valence-corrected chi connectivity index (χ3v) is 5.07. The van der Waals surface area contributed by atoms with Crippen molar-refractivity contribution in [1.29, 1.82) is 0 Å². The predicted molar refractivity (Wildman–Crippen MR) is 112 cm³/mol. The van der Waals surface area contributed by atoms with E-state index in [9.17, 15) is 0 Å². The van der Waals surface area contributed by atoms with Crippen molar-refractivity contribution >= 4 is 35.0 Å².